The van der Waals surface area contributed by atoms with Crippen LogP contribution in [0.25, 0.3) is 0 Å². The van der Waals surface area contributed by atoms with Crippen LogP contribution in [0, 0.1) is 5.92 Å². The van der Waals surface area contributed by atoms with Crippen LogP contribution < -0.4 is 5.32 Å². The second-order valence-corrected chi connectivity index (χ2v) is 7.34. The van der Waals surface area contributed by atoms with Crippen LogP contribution in [0.5, 0.6) is 0 Å². The molecule has 0 unspecified atom stereocenters. The number of methoxy groups -OCH3 is 1. The number of piperidine rings is 1. The molecule has 0 aliphatic carbocycles. The fourth-order valence-electron chi connectivity index (χ4n) is 2.36. The highest BCUT2D eigenvalue weighted by molar-refractivity contribution is 7.86. The lowest BCUT2D eigenvalue weighted by molar-refractivity contribution is -0.140. The largest absolute Gasteiger partial charge is 0.469 e. The Balaban J connectivity index is 2.46. The fourth-order valence-corrected chi connectivity index (χ4v) is 3.74. The van der Waals surface area contributed by atoms with Crippen LogP contribution in [-0.4, -0.2) is 69.9 Å². The molecule has 0 saturated carbocycles. The summed E-state index contributed by atoms with van der Waals surface area (Å²) in [5.41, 5.74) is 0. The molecule has 21 heavy (non-hydrogen) atoms. The highest BCUT2D eigenvalue weighted by Gasteiger charge is 2.30. The average molecular weight is 321 g/mol. The molecule has 1 fully saturated rings. The third-order valence-corrected chi connectivity index (χ3v) is 5.82. The summed E-state index contributed by atoms with van der Waals surface area (Å²) in [7, 11) is -0.671. The number of esters is 1. The molecule has 0 radical (unpaired) electrons. The molecule has 0 atom stereocenters. The maximum atomic E-state index is 12.4. The minimum Gasteiger partial charge on any atom is -0.469 e. The van der Waals surface area contributed by atoms with Gasteiger partial charge in [-0.15, -0.1) is 0 Å². The Kier molecular flexibility index (Phi) is 7.58. The van der Waals surface area contributed by atoms with Crippen LogP contribution in [0.15, 0.2) is 0 Å². The summed E-state index contributed by atoms with van der Waals surface area (Å²) in [4.78, 5) is 11.1. The quantitative estimate of drug-likeness (QED) is 0.639. The van der Waals surface area contributed by atoms with Gasteiger partial charge in [-0.2, -0.15) is 17.0 Å². The highest BCUT2D eigenvalue weighted by atomic mass is 32.2. The van der Waals surface area contributed by atoms with Gasteiger partial charge in [-0.25, -0.2) is 0 Å². The van der Waals surface area contributed by atoms with Gasteiger partial charge in [-0.1, -0.05) is 6.92 Å². The predicted octanol–water partition coefficient (Wildman–Crippen LogP) is 0.0476. The summed E-state index contributed by atoms with van der Waals surface area (Å²) in [5, 5.41) is 3.30. The molecular formula is C13H27N3O4S. The van der Waals surface area contributed by atoms with Crippen molar-refractivity contribution in [1.82, 2.24) is 13.9 Å². The van der Waals surface area contributed by atoms with Crippen molar-refractivity contribution in [2.75, 3.05) is 46.9 Å². The number of ether oxygens (including phenoxy) is 1. The van der Waals surface area contributed by atoms with Crippen molar-refractivity contribution < 1.29 is 17.9 Å². The van der Waals surface area contributed by atoms with E-state index in [4.69, 9.17) is 0 Å². The molecule has 0 bridgehead atoms. The number of nitrogens with zero attached hydrogens (tertiary/aromatic N) is 2. The van der Waals surface area contributed by atoms with Gasteiger partial charge in [0.1, 0.15) is 0 Å². The van der Waals surface area contributed by atoms with Gasteiger partial charge in [-0.05, 0) is 31.8 Å². The molecule has 0 aromatic carbocycles. The van der Waals surface area contributed by atoms with E-state index in [0.29, 0.717) is 19.0 Å². The molecule has 1 heterocycles. The molecule has 8 heteroatoms. The van der Waals surface area contributed by atoms with E-state index < -0.39 is 16.2 Å². The molecular weight excluding hydrogens is 294 g/mol. The predicted molar refractivity (Wildman–Crippen MR) is 81.0 cm³/mol. The zero-order chi connectivity index (χ0) is 15.9. The van der Waals surface area contributed by atoms with Crippen LogP contribution in [0.4, 0.5) is 0 Å². The Bertz CT molecular complexity index is 419. The lowest BCUT2D eigenvalue weighted by Crippen LogP contribution is -2.47. The van der Waals surface area contributed by atoms with Crippen molar-refractivity contribution in [1.29, 1.82) is 0 Å². The molecule has 1 rings (SSSR count). The molecule has 0 amide bonds. The van der Waals surface area contributed by atoms with Crippen LogP contribution >= 0.6 is 0 Å². The number of carbonyl (C=O) groups excluding carboxylic acids is 1. The maximum absolute atomic E-state index is 12.4. The normalized spacial score (nSPS) is 18.1. The topological polar surface area (TPSA) is 79.0 Å². The number of hydrogen-bond acceptors (Lipinski definition) is 5. The van der Waals surface area contributed by atoms with E-state index in [1.165, 1.54) is 22.8 Å². The van der Waals surface area contributed by atoms with Crippen LogP contribution in [0.3, 0.4) is 0 Å². The fraction of sp³-hybridized carbons (Fsp3) is 0.923. The molecule has 1 N–H and O–H groups in total. The first-order valence-electron chi connectivity index (χ1n) is 7.40. The molecule has 0 spiro atoms. The molecule has 1 saturated heterocycles. The first-order chi connectivity index (χ1) is 9.91. The third kappa shape index (κ3) is 5.54. The van der Waals surface area contributed by atoms with Gasteiger partial charge in [0.2, 0.25) is 0 Å². The SMILES string of the molecule is CCNCC1CCN(S(=O)(=O)N(C)CCC(=O)OC)CC1. The summed E-state index contributed by atoms with van der Waals surface area (Å²) in [5.74, 6) is 0.137. The Morgan fingerprint density at radius 3 is 2.52 bits per heavy atom. The lowest BCUT2D eigenvalue weighted by Gasteiger charge is -2.33. The van der Waals surface area contributed by atoms with Crippen LogP contribution in [0.2, 0.25) is 0 Å². The van der Waals surface area contributed by atoms with Crippen molar-refractivity contribution in [2.24, 2.45) is 5.92 Å². The molecule has 124 valence electrons. The monoisotopic (exact) mass is 321 g/mol. The van der Waals surface area contributed by atoms with Crippen LogP contribution in [-0.2, 0) is 19.7 Å². The molecule has 1 aliphatic heterocycles. The van der Waals surface area contributed by atoms with E-state index in [9.17, 15) is 13.2 Å². The first kappa shape index (κ1) is 18.3. The number of carbonyl (C=O) groups is 1. The van der Waals surface area contributed by atoms with Crippen LogP contribution in [0.1, 0.15) is 26.2 Å². The van der Waals surface area contributed by atoms with E-state index in [0.717, 1.165) is 25.9 Å². The van der Waals surface area contributed by atoms with Gasteiger partial charge in [0, 0.05) is 26.7 Å². The van der Waals surface area contributed by atoms with E-state index >= 15 is 0 Å². The average Bonchev–Trinajstić information content (AvgIpc) is 2.50. The van der Waals surface area contributed by atoms with Gasteiger partial charge in [0.25, 0.3) is 10.2 Å². The van der Waals surface area contributed by atoms with Gasteiger partial charge < -0.3 is 10.1 Å². The molecule has 7 nitrogen and oxygen atoms in total. The molecule has 0 aromatic heterocycles. The minimum absolute atomic E-state index is 0.0725. The Hall–Kier alpha value is -0.700. The van der Waals surface area contributed by atoms with E-state index in [1.54, 1.807) is 0 Å². The smallest absolute Gasteiger partial charge is 0.306 e. The van der Waals surface area contributed by atoms with Crippen molar-refractivity contribution in [3.63, 3.8) is 0 Å². The Labute approximate surface area is 127 Å². The Morgan fingerprint density at radius 1 is 1.38 bits per heavy atom. The van der Waals surface area contributed by atoms with E-state index in [-0.39, 0.29) is 13.0 Å². The van der Waals surface area contributed by atoms with E-state index in [2.05, 4.69) is 17.0 Å². The highest BCUT2D eigenvalue weighted by Crippen LogP contribution is 2.20. The van der Waals surface area contributed by atoms with Crippen molar-refractivity contribution >= 4 is 16.2 Å². The lowest BCUT2D eigenvalue weighted by atomic mass is 9.98. The van der Waals surface area contributed by atoms with Gasteiger partial charge in [-0.3, -0.25) is 4.79 Å². The summed E-state index contributed by atoms with van der Waals surface area (Å²) in [6, 6.07) is 0. The molecule has 1 aliphatic rings. The summed E-state index contributed by atoms with van der Waals surface area (Å²) < 4.78 is 32.0. The second kappa shape index (κ2) is 8.67. The number of nitrogens with one attached hydrogen (secondary N) is 1. The zero-order valence-corrected chi connectivity index (χ0v) is 14.0. The zero-order valence-electron chi connectivity index (χ0n) is 13.2. The summed E-state index contributed by atoms with van der Waals surface area (Å²) in [6.45, 7) is 5.18. The van der Waals surface area contributed by atoms with Crippen molar-refractivity contribution in [3.8, 4) is 0 Å². The van der Waals surface area contributed by atoms with Crippen molar-refractivity contribution in [3.05, 3.63) is 0 Å². The first-order valence-corrected chi connectivity index (χ1v) is 8.80. The van der Waals surface area contributed by atoms with Gasteiger partial charge in [0.15, 0.2) is 0 Å². The van der Waals surface area contributed by atoms with Gasteiger partial charge in [0.05, 0.1) is 13.5 Å². The number of hydrogen-bond donors (Lipinski definition) is 1. The van der Waals surface area contributed by atoms with Crippen molar-refractivity contribution in [2.45, 2.75) is 26.2 Å². The van der Waals surface area contributed by atoms with E-state index in [1.807, 2.05) is 0 Å². The number of rotatable bonds is 8. The summed E-state index contributed by atoms with van der Waals surface area (Å²) >= 11 is 0. The molecule has 0 aromatic rings. The maximum Gasteiger partial charge on any atom is 0.306 e. The third-order valence-electron chi connectivity index (χ3n) is 3.84. The Morgan fingerprint density at radius 2 is 2.00 bits per heavy atom. The van der Waals surface area contributed by atoms with Gasteiger partial charge >= 0.3 is 5.97 Å². The standard InChI is InChI=1S/C13H27N3O4S/c1-4-14-11-12-5-9-16(10-6-12)21(18,19)15(2)8-7-13(17)20-3/h12,14H,4-11H2,1-3H3. The summed E-state index contributed by atoms with van der Waals surface area (Å²) in [6.07, 6.45) is 1.82. The minimum atomic E-state index is -3.47. The second-order valence-electron chi connectivity index (χ2n) is 5.31.